The summed E-state index contributed by atoms with van der Waals surface area (Å²) in [6.07, 6.45) is 9.42. The van der Waals surface area contributed by atoms with Crippen molar-refractivity contribution in [2.24, 2.45) is 17.8 Å². The minimum absolute atomic E-state index is 0.0193. The number of hydrogen-bond acceptors (Lipinski definition) is 18. The monoisotopic (exact) mass is 1330 g/mol. The average molecular weight is 1330 g/mol. The van der Waals surface area contributed by atoms with Crippen LogP contribution < -0.4 is 17.2 Å². The number of rotatable bonds is 10. The Balaban J connectivity index is 0.000000125. The maximum atomic E-state index is 14.8. The van der Waals surface area contributed by atoms with Crippen molar-refractivity contribution < 1.29 is 55.5 Å². The Morgan fingerprint density at radius 2 is 0.876 bits per heavy atom. The molecule has 0 spiro atoms. The second-order valence-corrected chi connectivity index (χ2v) is 26.8. The maximum absolute atomic E-state index is 14.8. The van der Waals surface area contributed by atoms with E-state index in [1.165, 1.54) is 0 Å². The van der Waals surface area contributed by atoms with Gasteiger partial charge in [-0.25, -0.2) is 49.2 Å². The molecule has 0 bridgehead atoms. The molecule has 3 saturated heterocycles. The highest BCUT2D eigenvalue weighted by Crippen LogP contribution is 2.48. The molecule has 0 radical (unpaired) electrons. The molecule has 28 heteroatoms. The van der Waals surface area contributed by atoms with Gasteiger partial charge in [0.05, 0.1) is 96.8 Å². The summed E-state index contributed by atoms with van der Waals surface area (Å²) >= 11 is 0. The van der Waals surface area contributed by atoms with Crippen LogP contribution in [0.4, 0.5) is 48.6 Å². The Morgan fingerprint density at radius 3 is 1.29 bits per heavy atom. The lowest BCUT2D eigenvalue weighted by Gasteiger charge is -2.37. The second kappa shape index (κ2) is 24.3. The van der Waals surface area contributed by atoms with Crippen LogP contribution in [-0.4, -0.2) is 142 Å². The fourth-order valence-corrected chi connectivity index (χ4v) is 12.5. The van der Waals surface area contributed by atoms with E-state index in [-0.39, 0.29) is 76.4 Å². The summed E-state index contributed by atoms with van der Waals surface area (Å²) in [5.74, 6) is 17.4. The average Bonchev–Trinajstić information content (AvgIpc) is 1.60. The van der Waals surface area contributed by atoms with Gasteiger partial charge in [-0.1, -0.05) is 17.8 Å². The van der Waals surface area contributed by atoms with Gasteiger partial charge in [0.2, 0.25) is 17.8 Å². The first kappa shape index (κ1) is 65.0. The van der Waals surface area contributed by atoms with Crippen molar-refractivity contribution >= 4 is 50.6 Å². The number of anilines is 3. The first-order valence-electron chi connectivity index (χ1n) is 31.9. The largest absolute Gasteiger partial charge is 0.419 e. The standard InChI is InChI=1S/C24H24FN5O2.C23H23F3N6O.C22H20F3N5O2/c1-24(31,14-4-5-14)7-6-15-8-17-18(21-19(25)9-27-23(26)29-21)10-30(16-11-32-12-16)22(17)20(28-15)13-2-3-13;1-22(33,13-3-4-13)6-5-14-7-16-17(20-18(23(24,25)26)8-29-21(27)30-20)12-32(19(16)9-28-14)15-10-31(2)11-15;1-21(31,12-2-3-12)5-4-13-6-15-16(9-30(14-10-32-11-14)18(15)8-27-13)19-17(22(23,24)25)7-28-20(26)29-19/h8-10,13-14,16,31H,2-5,11-12H2,1H3,(H2,26,27,29);7-9,12-13,15,33H,3-4,10-11H2,1-2H3,(H2,27,29,30);6-9,12,14,31H,2-3,10-11H2,1H3,(H2,26,28,29). The predicted molar refractivity (Wildman–Crippen MR) is 344 cm³/mol. The van der Waals surface area contributed by atoms with Crippen molar-refractivity contribution in [1.29, 1.82) is 0 Å². The van der Waals surface area contributed by atoms with Crippen molar-refractivity contribution in [1.82, 2.24) is 63.5 Å². The number of nitrogens with zero attached hydrogens (tertiary/aromatic N) is 13. The molecule has 12 heterocycles. The number of nitrogens with two attached hydrogens (primary N) is 3. The molecule has 4 saturated carbocycles. The van der Waals surface area contributed by atoms with E-state index < -0.39 is 46.1 Å². The smallest absolute Gasteiger partial charge is 0.378 e. The van der Waals surface area contributed by atoms with Crippen LogP contribution in [0.1, 0.15) is 130 Å². The number of aliphatic hydroxyl groups is 3. The van der Waals surface area contributed by atoms with E-state index in [2.05, 4.69) is 84.9 Å². The van der Waals surface area contributed by atoms with E-state index in [1.807, 2.05) is 28.4 Å². The zero-order valence-corrected chi connectivity index (χ0v) is 53.1. The van der Waals surface area contributed by atoms with Crippen LogP contribution in [0.2, 0.25) is 0 Å². The Bertz CT molecular complexity index is 4800. The SMILES string of the molecule is CC(O)(C#Cc1cc2c(-c3nc(N)ncc3C(F)(F)F)cn(C3COC3)c2cn1)C1CC1.CC(O)(C#Cc1cc2c(-c3nc(N)ncc3F)cn(C3COC3)c2c(C2CC2)n1)C1CC1.CN1CC(n2cc(-c3nc(N)ncc3C(F)(F)F)c3cc(C#CC(C)(O)C4CC4)ncc32)C1. The lowest BCUT2D eigenvalue weighted by molar-refractivity contribution is -0.138. The number of ether oxygens (including phenoxy) is 2. The number of hydrogen-bond donors (Lipinski definition) is 6. The van der Waals surface area contributed by atoms with E-state index in [9.17, 15) is 46.1 Å². The Hall–Kier alpha value is -9.34. The quantitative estimate of drug-likeness (QED) is 0.0549. The van der Waals surface area contributed by atoms with Crippen LogP contribution in [0.25, 0.3) is 66.5 Å². The summed E-state index contributed by atoms with van der Waals surface area (Å²) in [4.78, 5) is 38.7. The summed E-state index contributed by atoms with van der Waals surface area (Å²) in [5.41, 5.74) is 17.2. The molecule has 9 aromatic heterocycles. The van der Waals surface area contributed by atoms with Gasteiger partial charge >= 0.3 is 12.4 Å². The number of alkyl halides is 6. The second-order valence-electron chi connectivity index (χ2n) is 26.8. The van der Waals surface area contributed by atoms with Crippen LogP contribution >= 0.6 is 0 Å². The fourth-order valence-electron chi connectivity index (χ4n) is 12.5. The zero-order chi connectivity index (χ0) is 68.3. The van der Waals surface area contributed by atoms with Crippen LogP contribution in [-0.2, 0) is 21.8 Å². The molecular formula is C69H67F7N16O5. The number of aromatic nitrogens is 12. The van der Waals surface area contributed by atoms with Crippen LogP contribution in [0.15, 0.2) is 67.8 Å². The molecule has 21 nitrogen and oxygen atoms in total. The molecule has 97 heavy (non-hydrogen) atoms. The summed E-state index contributed by atoms with van der Waals surface area (Å²) in [6.45, 7) is 8.75. The molecule has 9 aromatic rings. The highest BCUT2D eigenvalue weighted by molar-refractivity contribution is 5.99. The minimum Gasteiger partial charge on any atom is -0.378 e. The molecule has 3 atom stereocenters. The molecule has 16 rings (SSSR count). The van der Waals surface area contributed by atoms with Gasteiger partial charge in [-0.3, -0.25) is 0 Å². The van der Waals surface area contributed by atoms with E-state index in [4.69, 9.17) is 31.7 Å². The molecule has 7 fully saturated rings. The summed E-state index contributed by atoms with van der Waals surface area (Å²) in [7, 11) is 1.98. The van der Waals surface area contributed by atoms with Gasteiger partial charge in [0.1, 0.15) is 50.7 Å². The van der Waals surface area contributed by atoms with Gasteiger partial charge in [-0.15, -0.1) is 0 Å². The topological polar surface area (TPSA) is 291 Å². The zero-order valence-electron chi connectivity index (χ0n) is 53.1. The number of nitrogen functional groups attached to an aromatic ring is 3. The molecule has 0 aromatic carbocycles. The lowest BCUT2D eigenvalue weighted by atomic mass is 10.0. The summed E-state index contributed by atoms with van der Waals surface area (Å²) in [6, 6.07) is 5.40. The first-order valence-corrected chi connectivity index (χ1v) is 31.9. The van der Waals surface area contributed by atoms with Crippen LogP contribution in [0.3, 0.4) is 0 Å². The third-order valence-electron chi connectivity index (χ3n) is 18.9. The number of likely N-dealkylation sites (tertiary alicyclic amines) is 1. The van der Waals surface area contributed by atoms with Crippen LogP contribution in [0, 0.1) is 59.1 Å². The van der Waals surface area contributed by atoms with Crippen molar-refractivity contribution in [3.8, 4) is 69.3 Å². The maximum Gasteiger partial charge on any atom is 0.419 e. The molecule has 3 aliphatic heterocycles. The minimum atomic E-state index is -4.66. The third kappa shape index (κ3) is 13.4. The van der Waals surface area contributed by atoms with Gasteiger partial charge in [-0.2, -0.15) is 26.3 Å². The van der Waals surface area contributed by atoms with Crippen molar-refractivity contribution in [2.45, 2.75) is 125 Å². The molecule has 9 N–H and O–H groups in total. The number of fused-ring (bicyclic) bond motifs is 3. The van der Waals surface area contributed by atoms with Crippen molar-refractivity contribution in [2.75, 3.05) is 63.8 Å². The number of halogens is 7. The molecule has 4 aliphatic carbocycles. The van der Waals surface area contributed by atoms with Gasteiger partial charge in [-0.05, 0) is 133 Å². The molecule has 3 unspecified atom stereocenters. The fraction of sp³-hybridized carbons (Fsp3) is 0.435. The van der Waals surface area contributed by atoms with Gasteiger partial charge in [0, 0.05) is 82.8 Å². The van der Waals surface area contributed by atoms with Crippen molar-refractivity contribution in [3.63, 3.8) is 0 Å². The third-order valence-corrected chi connectivity index (χ3v) is 18.9. The normalized spacial score (nSPS) is 19.4. The van der Waals surface area contributed by atoms with E-state index in [1.54, 1.807) is 57.7 Å². The summed E-state index contributed by atoms with van der Waals surface area (Å²) < 4.78 is 114. The molecule has 0 amide bonds. The Kier molecular flexibility index (Phi) is 16.3. The number of pyridine rings is 3. The van der Waals surface area contributed by atoms with Gasteiger partial charge in [0.25, 0.3) is 0 Å². The molecule has 7 aliphatic rings. The molecular weight excluding hydrogens is 1270 g/mol. The number of likely N-dealkylation sites (N-methyl/N-ethyl adjacent to an activating group) is 1. The Morgan fingerprint density at radius 1 is 0.485 bits per heavy atom. The van der Waals surface area contributed by atoms with Crippen LogP contribution in [0.5, 0.6) is 0 Å². The van der Waals surface area contributed by atoms with Gasteiger partial charge in [0.15, 0.2) is 5.82 Å². The molecule has 502 valence electrons. The highest BCUT2D eigenvalue weighted by Gasteiger charge is 2.43. The van der Waals surface area contributed by atoms with E-state index in [0.29, 0.717) is 94.8 Å². The predicted octanol–water partition coefficient (Wildman–Crippen LogP) is 9.45. The lowest BCUT2D eigenvalue weighted by Crippen LogP contribution is -2.44. The summed E-state index contributed by atoms with van der Waals surface area (Å²) in [5, 5.41) is 33.5. The Labute approximate surface area is 551 Å². The first-order chi connectivity index (χ1) is 46.1. The van der Waals surface area contributed by atoms with Gasteiger partial charge < -0.3 is 60.6 Å². The highest BCUT2D eigenvalue weighted by atomic mass is 19.4. The van der Waals surface area contributed by atoms with E-state index in [0.717, 1.165) is 87.2 Å². The van der Waals surface area contributed by atoms with E-state index >= 15 is 0 Å². The van der Waals surface area contributed by atoms with Crippen molar-refractivity contribution in [3.05, 3.63) is 107 Å².